The summed E-state index contributed by atoms with van der Waals surface area (Å²) in [5.41, 5.74) is 2.42. The second-order valence-electron chi connectivity index (χ2n) is 3.72. The number of fused-ring (bicyclic) bond motifs is 1. The Bertz CT molecular complexity index is 349. The second-order valence-corrected chi connectivity index (χ2v) is 3.72. The zero-order chi connectivity index (χ0) is 10.1. The van der Waals surface area contributed by atoms with E-state index in [1.165, 1.54) is 0 Å². The number of rotatable bonds is 1. The molecule has 1 aromatic carbocycles. The monoisotopic (exact) mass is 194 g/mol. The molecular weight excluding hydrogens is 179 g/mol. The van der Waals surface area contributed by atoms with Gasteiger partial charge >= 0.3 is 0 Å². The molecule has 2 nitrogen and oxygen atoms in total. The van der Waals surface area contributed by atoms with E-state index in [1.807, 2.05) is 19.2 Å². The fourth-order valence-electron chi connectivity index (χ4n) is 1.96. The first kappa shape index (κ1) is 9.46. The molecule has 1 aromatic rings. The molecule has 0 radical (unpaired) electrons. The van der Waals surface area contributed by atoms with Gasteiger partial charge in [-0.1, -0.05) is 12.1 Å². The van der Waals surface area contributed by atoms with Crippen molar-refractivity contribution >= 4 is 5.69 Å². The molecule has 0 amide bonds. The SMILES string of the molecule is CNC1CCNc2c1ccc(C)c2F. The Balaban J connectivity index is 2.50. The molecule has 1 atom stereocenters. The van der Waals surface area contributed by atoms with Crippen LogP contribution < -0.4 is 10.6 Å². The zero-order valence-electron chi connectivity index (χ0n) is 8.52. The fourth-order valence-corrected chi connectivity index (χ4v) is 1.96. The van der Waals surface area contributed by atoms with Crippen molar-refractivity contribution in [2.75, 3.05) is 18.9 Å². The van der Waals surface area contributed by atoms with Crippen molar-refractivity contribution in [3.05, 3.63) is 29.1 Å². The lowest BCUT2D eigenvalue weighted by Crippen LogP contribution is -2.26. The van der Waals surface area contributed by atoms with E-state index >= 15 is 0 Å². The summed E-state index contributed by atoms with van der Waals surface area (Å²) in [7, 11) is 1.91. The van der Waals surface area contributed by atoms with Crippen LogP contribution in [0.5, 0.6) is 0 Å². The molecule has 1 aliphatic heterocycles. The maximum absolute atomic E-state index is 13.7. The van der Waals surface area contributed by atoms with E-state index in [9.17, 15) is 4.39 Å². The van der Waals surface area contributed by atoms with E-state index in [2.05, 4.69) is 10.6 Å². The van der Waals surface area contributed by atoms with E-state index in [-0.39, 0.29) is 11.9 Å². The first-order valence-electron chi connectivity index (χ1n) is 4.94. The van der Waals surface area contributed by atoms with Crippen LogP contribution in [0.25, 0.3) is 0 Å². The molecule has 0 spiro atoms. The summed E-state index contributed by atoms with van der Waals surface area (Å²) in [6.07, 6.45) is 1.01. The van der Waals surface area contributed by atoms with Crippen LogP contribution in [-0.4, -0.2) is 13.6 Å². The number of hydrogen-bond acceptors (Lipinski definition) is 2. The normalized spacial score (nSPS) is 20.1. The number of anilines is 1. The van der Waals surface area contributed by atoms with Gasteiger partial charge in [0.05, 0.1) is 5.69 Å². The smallest absolute Gasteiger partial charge is 0.149 e. The van der Waals surface area contributed by atoms with Crippen LogP contribution in [0.2, 0.25) is 0 Å². The Morgan fingerprint density at radius 3 is 3.00 bits per heavy atom. The molecule has 76 valence electrons. The summed E-state index contributed by atoms with van der Waals surface area (Å²) in [6, 6.07) is 4.12. The molecular formula is C11H15FN2. The predicted octanol–water partition coefficient (Wildman–Crippen LogP) is 2.21. The molecule has 3 heteroatoms. The maximum Gasteiger partial charge on any atom is 0.149 e. The summed E-state index contributed by atoms with van der Waals surface area (Å²) in [5.74, 6) is -0.109. The van der Waals surface area contributed by atoms with Gasteiger partial charge in [0.25, 0.3) is 0 Å². The van der Waals surface area contributed by atoms with Gasteiger partial charge in [-0.05, 0) is 31.5 Å². The summed E-state index contributed by atoms with van der Waals surface area (Å²) in [6.45, 7) is 2.62. The molecule has 2 rings (SSSR count). The summed E-state index contributed by atoms with van der Waals surface area (Å²) in [4.78, 5) is 0. The van der Waals surface area contributed by atoms with Crippen LogP contribution in [-0.2, 0) is 0 Å². The lowest BCUT2D eigenvalue weighted by molar-refractivity contribution is 0.537. The van der Waals surface area contributed by atoms with Gasteiger partial charge in [-0.2, -0.15) is 0 Å². The lowest BCUT2D eigenvalue weighted by atomic mass is 9.96. The standard InChI is InChI=1S/C11H15FN2/c1-7-3-4-8-9(13-2)5-6-14-11(8)10(7)12/h3-4,9,13-14H,5-6H2,1-2H3. The van der Waals surface area contributed by atoms with Crippen LogP contribution in [0.1, 0.15) is 23.6 Å². The molecule has 0 bridgehead atoms. The van der Waals surface area contributed by atoms with Gasteiger partial charge in [-0.15, -0.1) is 0 Å². The summed E-state index contributed by atoms with van der Waals surface area (Å²) in [5, 5.41) is 6.32. The Kier molecular flexibility index (Phi) is 2.42. The largest absolute Gasteiger partial charge is 0.382 e. The van der Waals surface area contributed by atoms with Crippen molar-refractivity contribution in [1.29, 1.82) is 0 Å². The molecule has 1 unspecified atom stereocenters. The van der Waals surface area contributed by atoms with E-state index < -0.39 is 0 Å². The highest BCUT2D eigenvalue weighted by Crippen LogP contribution is 2.32. The number of nitrogens with one attached hydrogen (secondary N) is 2. The Morgan fingerprint density at radius 2 is 2.29 bits per heavy atom. The van der Waals surface area contributed by atoms with Crippen molar-refractivity contribution in [3.63, 3.8) is 0 Å². The van der Waals surface area contributed by atoms with Gasteiger partial charge in [0.2, 0.25) is 0 Å². The highest BCUT2D eigenvalue weighted by Gasteiger charge is 2.21. The highest BCUT2D eigenvalue weighted by molar-refractivity contribution is 5.57. The van der Waals surface area contributed by atoms with Crippen LogP contribution in [0, 0.1) is 12.7 Å². The molecule has 1 aliphatic rings. The molecule has 0 aliphatic carbocycles. The number of benzene rings is 1. The highest BCUT2D eigenvalue weighted by atomic mass is 19.1. The minimum atomic E-state index is -0.109. The van der Waals surface area contributed by atoms with Crippen molar-refractivity contribution in [3.8, 4) is 0 Å². The van der Waals surface area contributed by atoms with Crippen molar-refractivity contribution in [1.82, 2.24) is 5.32 Å². The third-order valence-electron chi connectivity index (χ3n) is 2.83. The maximum atomic E-state index is 13.7. The summed E-state index contributed by atoms with van der Waals surface area (Å²) >= 11 is 0. The van der Waals surface area contributed by atoms with Crippen LogP contribution in [0.15, 0.2) is 12.1 Å². The fraction of sp³-hybridized carbons (Fsp3) is 0.455. The van der Waals surface area contributed by atoms with Crippen LogP contribution in [0.4, 0.5) is 10.1 Å². The minimum absolute atomic E-state index is 0.109. The van der Waals surface area contributed by atoms with Gasteiger partial charge in [0, 0.05) is 12.6 Å². The lowest BCUT2D eigenvalue weighted by Gasteiger charge is -2.27. The van der Waals surface area contributed by atoms with Crippen LogP contribution >= 0.6 is 0 Å². The Labute approximate surface area is 83.5 Å². The first-order chi connectivity index (χ1) is 6.74. The Morgan fingerprint density at radius 1 is 1.50 bits per heavy atom. The number of hydrogen-bond donors (Lipinski definition) is 2. The molecule has 2 N–H and O–H groups in total. The van der Waals surface area contributed by atoms with Crippen molar-refractivity contribution < 1.29 is 4.39 Å². The van der Waals surface area contributed by atoms with E-state index in [0.29, 0.717) is 11.3 Å². The predicted molar refractivity (Wildman–Crippen MR) is 56.0 cm³/mol. The third-order valence-corrected chi connectivity index (χ3v) is 2.83. The van der Waals surface area contributed by atoms with Gasteiger partial charge < -0.3 is 10.6 Å². The Hall–Kier alpha value is -1.09. The average Bonchev–Trinajstić information content (AvgIpc) is 2.23. The zero-order valence-corrected chi connectivity index (χ0v) is 8.52. The van der Waals surface area contributed by atoms with Gasteiger partial charge in [0.15, 0.2) is 0 Å². The average molecular weight is 194 g/mol. The third kappa shape index (κ3) is 1.38. The molecule has 14 heavy (non-hydrogen) atoms. The van der Waals surface area contributed by atoms with E-state index in [0.717, 1.165) is 18.5 Å². The second kappa shape index (κ2) is 3.58. The number of halogens is 1. The summed E-state index contributed by atoms with van der Waals surface area (Å²) < 4.78 is 13.7. The molecule has 0 fully saturated rings. The first-order valence-corrected chi connectivity index (χ1v) is 4.94. The van der Waals surface area contributed by atoms with E-state index in [1.54, 1.807) is 6.92 Å². The molecule has 1 heterocycles. The molecule has 0 saturated heterocycles. The minimum Gasteiger partial charge on any atom is -0.382 e. The molecule has 0 saturated carbocycles. The van der Waals surface area contributed by atoms with Gasteiger partial charge in [0.1, 0.15) is 5.82 Å². The topological polar surface area (TPSA) is 24.1 Å². The molecule has 0 aromatic heterocycles. The van der Waals surface area contributed by atoms with Gasteiger partial charge in [-0.25, -0.2) is 4.39 Å². The quantitative estimate of drug-likeness (QED) is 0.716. The van der Waals surface area contributed by atoms with Crippen LogP contribution in [0.3, 0.4) is 0 Å². The van der Waals surface area contributed by atoms with E-state index in [4.69, 9.17) is 0 Å². The van der Waals surface area contributed by atoms with Gasteiger partial charge in [-0.3, -0.25) is 0 Å². The van der Waals surface area contributed by atoms with Crippen molar-refractivity contribution in [2.45, 2.75) is 19.4 Å². The van der Waals surface area contributed by atoms with Crippen molar-refractivity contribution in [2.24, 2.45) is 0 Å². The number of aryl methyl sites for hydroxylation is 1.